The van der Waals surface area contributed by atoms with Gasteiger partial charge in [-0.1, -0.05) is 37.6 Å². The molecule has 190 valence electrons. The minimum absolute atomic E-state index is 0.0854. The van der Waals surface area contributed by atoms with E-state index < -0.39 is 0 Å². The fourth-order valence-corrected chi connectivity index (χ4v) is 4.53. The minimum atomic E-state index is -0.373. The van der Waals surface area contributed by atoms with Crippen LogP contribution in [0.3, 0.4) is 0 Å². The van der Waals surface area contributed by atoms with Crippen LogP contribution in [-0.2, 0) is 0 Å². The van der Waals surface area contributed by atoms with Gasteiger partial charge in [0, 0.05) is 44.0 Å². The number of unbranched alkanes of at least 4 members (excludes halogenated alkanes) is 1. The first-order valence-corrected chi connectivity index (χ1v) is 12.4. The van der Waals surface area contributed by atoms with Crippen molar-refractivity contribution < 1.29 is 18.7 Å². The number of carbonyl (C=O) groups is 2. The average molecular weight is 493 g/mol. The summed E-state index contributed by atoms with van der Waals surface area (Å²) in [6.45, 7) is 6.40. The lowest BCUT2D eigenvalue weighted by Gasteiger charge is -2.34. The standard InChI is InChI=1S/C28H33FN4O3/c1-4-5-13-30-28(35)32-16-14-31(15-17-32)27(34)23-19-26(21-9-8-10-22(18-21)36-3)33(20(23)2)25-12-7-6-11-24(25)29/h6-12,18-19H,4-5,13-17H2,1-3H3,(H,30,35). The lowest BCUT2D eigenvalue weighted by atomic mass is 10.1. The van der Waals surface area contributed by atoms with E-state index in [2.05, 4.69) is 12.2 Å². The predicted octanol–water partition coefficient (Wildman–Crippen LogP) is 4.87. The first-order valence-electron chi connectivity index (χ1n) is 12.4. The monoisotopic (exact) mass is 492 g/mol. The molecule has 36 heavy (non-hydrogen) atoms. The van der Waals surface area contributed by atoms with Crippen LogP contribution in [0.15, 0.2) is 54.6 Å². The van der Waals surface area contributed by atoms with Crippen molar-refractivity contribution in [3.8, 4) is 22.7 Å². The molecule has 0 spiro atoms. The van der Waals surface area contributed by atoms with E-state index in [0.29, 0.717) is 61.1 Å². The molecular formula is C28H33FN4O3. The molecule has 1 aliphatic rings. The van der Waals surface area contributed by atoms with Crippen LogP contribution < -0.4 is 10.1 Å². The van der Waals surface area contributed by atoms with E-state index in [0.717, 1.165) is 18.4 Å². The maximum atomic E-state index is 14.9. The zero-order valence-electron chi connectivity index (χ0n) is 21.1. The number of para-hydroxylation sites is 1. The summed E-state index contributed by atoms with van der Waals surface area (Å²) in [7, 11) is 1.60. The molecule has 2 heterocycles. The van der Waals surface area contributed by atoms with Gasteiger partial charge in [-0.25, -0.2) is 9.18 Å². The summed E-state index contributed by atoms with van der Waals surface area (Å²) in [6.07, 6.45) is 1.96. The van der Waals surface area contributed by atoms with Gasteiger partial charge in [-0.05, 0) is 43.7 Å². The topological polar surface area (TPSA) is 66.8 Å². The second-order valence-corrected chi connectivity index (χ2v) is 8.91. The van der Waals surface area contributed by atoms with Crippen molar-refractivity contribution in [2.24, 2.45) is 0 Å². The molecule has 1 aliphatic heterocycles. The highest BCUT2D eigenvalue weighted by Crippen LogP contribution is 2.33. The molecule has 0 atom stereocenters. The molecule has 3 aromatic rings. The molecule has 1 saturated heterocycles. The second-order valence-electron chi connectivity index (χ2n) is 8.91. The van der Waals surface area contributed by atoms with E-state index in [9.17, 15) is 14.0 Å². The number of hydrogen-bond acceptors (Lipinski definition) is 3. The number of amides is 3. The van der Waals surface area contributed by atoms with Crippen molar-refractivity contribution in [2.75, 3.05) is 39.8 Å². The molecule has 0 aliphatic carbocycles. The lowest BCUT2D eigenvalue weighted by molar-refractivity contribution is 0.0664. The number of hydrogen-bond donors (Lipinski definition) is 1. The third kappa shape index (κ3) is 5.22. The van der Waals surface area contributed by atoms with Gasteiger partial charge in [0.15, 0.2) is 0 Å². The average Bonchev–Trinajstić information content (AvgIpc) is 3.25. The van der Waals surface area contributed by atoms with Crippen LogP contribution in [0.4, 0.5) is 9.18 Å². The van der Waals surface area contributed by atoms with E-state index in [1.807, 2.05) is 37.3 Å². The Morgan fingerprint density at radius 1 is 1.00 bits per heavy atom. The first-order chi connectivity index (χ1) is 17.4. The first kappa shape index (κ1) is 25.3. The van der Waals surface area contributed by atoms with Gasteiger partial charge in [-0.15, -0.1) is 0 Å². The van der Waals surface area contributed by atoms with Gasteiger partial charge in [0.2, 0.25) is 0 Å². The smallest absolute Gasteiger partial charge is 0.317 e. The summed E-state index contributed by atoms with van der Waals surface area (Å²) in [5, 5.41) is 2.93. The van der Waals surface area contributed by atoms with Gasteiger partial charge in [0.25, 0.3) is 5.91 Å². The van der Waals surface area contributed by atoms with Crippen molar-refractivity contribution in [1.82, 2.24) is 19.7 Å². The van der Waals surface area contributed by atoms with Crippen molar-refractivity contribution >= 4 is 11.9 Å². The zero-order valence-corrected chi connectivity index (χ0v) is 21.1. The fraction of sp³-hybridized carbons (Fsp3) is 0.357. The van der Waals surface area contributed by atoms with Crippen LogP contribution in [0.5, 0.6) is 5.75 Å². The Hall–Kier alpha value is -3.81. The van der Waals surface area contributed by atoms with Crippen molar-refractivity contribution in [2.45, 2.75) is 26.7 Å². The molecule has 1 N–H and O–H groups in total. The Morgan fingerprint density at radius 3 is 2.42 bits per heavy atom. The fourth-order valence-electron chi connectivity index (χ4n) is 4.53. The molecule has 0 unspecified atom stereocenters. The van der Waals surface area contributed by atoms with Crippen molar-refractivity contribution in [3.63, 3.8) is 0 Å². The Kier molecular flexibility index (Phi) is 7.93. The van der Waals surface area contributed by atoms with Gasteiger partial charge in [0.1, 0.15) is 11.6 Å². The number of piperazine rings is 1. The maximum Gasteiger partial charge on any atom is 0.317 e. The van der Waals surface area contributed by atoms with Crippen LogP contribution >= 0.6 is 0 Å². The molecule has 4 rings (SSSR count). The highest BCUT2D eigenvalue weighted by atomic mass is 19.1. The number of carbonyl (C=O) groups excluding carboxylic acids is 2. The van der Waals surface area contributed by atoms with Gasteiger partial charge in [0.05, 0.1) is 24.1 Å². The second kappa shape index (κ2) is 11.3. The summed E-state index contributed by atoms with van der Waals surface area (Å²) in [5.74, 6) is 0.174. The molecular weight excluding hydrogens is 459 g/mol. The van der Waals surface area contributed by atoms with Crippen LogP contribution in [-0.4, -0.2) is 66.1 Å². The number of ether oxygens (including phenoxy) is 1. The van der Waals surface area contributed by atoms with Gasteiger partial charge >= 0.3 is 6.03 Å². The molecule has 2 aromatic carbocycles. The Balaban J connectivity index is 1.62. The van der Waals surface area contributed by atoms with E-state index in [1.54, 1.807) is 39.7 Å². The number of nitrogens with one attached hydrogen (secondary N) is 1. The highest BCUT2D eigenvalue weighted by molar-refractivity contribution is 5.97. The summed E-state index contributed by atoms with van der Waals surface area (Å²) in [4.78, 5) is 29.5. The molecule has 1 fully saturated rings. The van der Waals surface area contributed by atoms with E-state index >= 15 is 0 Å². The molecule has 8 heteroatoms. The van der Waals surface area contributed by atoms with Gasteiger partial charge in [-0.2, -0.15) is 0 Å². The molecule has 0 saturated carbocycles. The lowest BCUT2D eigenvalue weighted by Crippen LogP contribution is -2.53. The number of methoxy groups -OCH3 is 1. The van der Waals surface area contributed by atoms with Crippen LogP contribution in [0.25, 0.3) is 16.9 Å². The van der Waals surface area contributed by atoms with Crippen molar-refractivity contribution in [3.05, 3.63) is 71.7 Å². The summed E-state index contributed by atoms with van der Waals surface area (Å²) in [5.41, 5.74) is 3.06. The molecule has 0 bridgehead atoms. The summed E-state index contributed by atoms with van der Waals surface area (Å²) in [6, 6.07) is 15.8. The quantitative estimate of drug-likeness (QED) is 0.479. The number of aromatic nitrogens is 1. The molecule has 7 nitrogen and oxygen atoms in total. The summed E-state index contributed by atoms with van der Waals surface area (Å²) >= 11 is 0. The third-order valence-electron chi connectivity index (χ3n) is 6.60. The van der Waals surface area contributed by atoms with E-state index in [4.69, 9.17) is 4.74 Å². The molecule has 1 aromatic heterocycles. The maximum absolute atomic E-state index is 14.9. The number of rotatable bonds is 7. The number of nitrogens with zero attached hydrogens (tertiary/aromatic N) is 3. The number of benzene rings is 2. The van der Waals surface area contributed by atoms with Crippen molar-refractivity contribution in [1.29, 1.82) is 0 Å². The minimum Gasteiger partial charge on any atom is -0.497 e. The largest absolute Gasteiger partial charge is 0.497 e. The highest BCUT2D eigenvalue weighted by Gasteiger charge is 2.28. The third-order valence-corrected chi connectivity index (χ3v) is 6.60. The van der Waals surface area contributed by atoms with Gasteiger partial charge in [-0.3, -0.25) is 4.79 Å². The molecule has 3 amide bonds. The van der Waals surface area contributed by atoms with Crippen LogP contribution in [0.1, 0.15) is 35.8 Å². The SMILES string of the molecule is CCCCNC(=O)N1CCN(C(=O)c2cc(-c3cccc(OC)c3)n(-c3ccccc3F)c2C)CC1. The Morgan fingerprint density at radius 2 is 1.72 bits per heavy atom. The van der Waals surface area contributed by atoms with E-state index in [-0.39, 0.29) is 17.8 Å². The van der Waals surface area contributed by atoms with E-state index in [1.165, 1.54) is 6.07 Å². The van der Waals surface area contributed by atoms with Crippen LogP contribution in [0, 0.1) is 12.7 Å². The predicted molar refractivity (Wildman–Crippen MR) is 138 cm³/mol. The molecule has 0 radical (unpaired) electrons. The summed E-state index contributed by atoms with van der Waals surface area (Å²) < 4.78 is 22.1. The Labute approximate surface area is 211 Å². The van der Waals surface area contributed by atoms with Gasteiger partial charge < -0.3 is 24.4 Å². The number of urea groups is 1. The normalized spacial score (nSPS) is 13.6. The Bertz CT molecular complexity index is 1230. The zero-order chi connectivity index (χ0) is 25.7. The van der Waals surface area contributed by atoms with Crippen LogP contribution in [0.2, 0.25) is 0 Å². The number of halogens is 1.